The zero-order valence-electron chi connectivity index (χ0n) is 30.0. The molecule has 0 N–H and O–H groups in total. The van der Waals surface area contributed by atoms with Crippen LogP contribution in [-0.2, 0) is 5.41 Å². The number of para-hydroxylation sites is 2. The average molecular weight is 710 g/mol. The van der Waals surface area contributed by atoms with E-state index < -0.39 is 0 Å². The first-order chi connectivity index (χ1) is 26.5. The summed E-state index contributed by atoms with van der Waals surface area (Å²) < 4.78 is 9.14. The molecule has 2 heterocycles. The van der Waals surface area contributed by atoms with Crippen molar-refractivity contribution in [1.82, 2.24) is 0 Å². The van der Waals surface area contributed by atoms with Gasteiger partial charge in [-0.05, 0) is 81.9 Å². The molecule has 0 fully saturated rings. The molecule has 0 saturated heterocycles. The molecule has 1 aliphatic rings. The van der Waals surface area contributed by atoms with Crippen molar-refractivity contribution >= 4 is 70.5 Å². The lowest BCUT2D eigenvalue weighted by Crippen LogP contribution is -2.15. The second-order valence-corrected chi connectivity index (χ2v) is 15.9. The van der Waals surface area contributed by atoms with Gasteiger partial charge in [-0.2, -0.15) is 0 Å². The molecule has 3 heteroatoms. The lowest BCUT2D eigenvalue weighted by molar-refractivity contribution is 0.661. The van der Waals surface area contributed by atoms with Crippen LogP contribution >= 0.6 is 11.3 Å². The van der Waals surface area contributed by atoms with Crippen LogP contribution < -0.4 is 4.90 Å². The fourth-order valence-corrected chi connectivity index (χ4v) is 10.1. The summed E-state index contributed by atoms with van der Waals surface area (Å²) in [6, 6.07) is 63.9. The maximum absolute atomic E-state index is 6.43. The van der Waals surface area contributed by atoms with E-state index in [1.807, 2.05) is 23.5 Å². The third-order valence-corrected chi connectivity index (χ3v) is 12.7. The van der Waals surface area contributed by atoms with Crippen molar-refractivity contribution in [3.8, 4) is 33.4 Å². The topological polar surface area (TPSA) is 16.4 Å². The Morgan fingerprint density at radius 1 is 0.463 bits per heavy atom. The highest BCUT2D eigenvalue weighted by atomic mass is 32.1. The van der Waals surface area contributed by atoms with Crippen LogP contribution in [0.25, 0.3) is 75.5 Å². The number of nitrogens with zero attached hydrogens (tertiary/aromatic N) is 1. The van der Waals surface area contributed by atoms with Crippen LogP contribution in [0.5, 0.6) is 0 Å². The maximum atomic E-state index is 6.43. The lowest BCUT2D eigenvalue weighted by Gasteiger charge is -2.27. The summed E-state index contributed by atoms with van der Waals surface area (Å²) in [4.78, 5) is 2.40. The van der Waals surface area contributed by atoms with Gasteiger partial charge in [0, 0.05) is 64.5 Å². The zero-order chi connectivity index (χ0) is 36.0. The first-order valence-electron chi connectivity index (χ1n) is 18.6. The summed E-state index contributed by atoms with van der Waals surface area (Å²) >= 11 is 1.92. The monoisotopic (exact) mass is 709 g/mol. The van der Waals surface area contributed by atoms with Gasteiger partial charge in [-0.3, -0.25) is 0 Å². The molecule has 54 heavy (non-hydrogen) atoms. The smallest absolute Gasteiger partial charge is 0.143 e. The summed E-state index contributed by atoms with van der Waals surface area (Å²) in [7, 11) is 0. The number of hydrogen-bond acceptors (Lipinski definition) is 3. The maximum Gasteiger partial charge on any atom is 0.143 e. The molecule has 0 radical (unpaired) electrons. The zero-order valence-corrected chi connectivity index (χ0v) is 30.8. The van der Waals surface area contributed by atoms with Crippen molar-refractivity contribution in [2.75, 3.05) is 4.90 Å². The van der Waals surface area contributed by atoms with Gasteiger partial charge in [0.05, 0.1) is 0 Å². The van der Waals surface area contributed by atoms with Crippen LogP contribution in [0.3, 0.4) is 0 Å². The third-order valence-electron chi connectivity index (χ3n) is 11.5. The molecule has 0 atom stereocenters. The van der Waals surface area contributed by atoms with Crippen molar-refractivity contribution in [1.29, 1.82) is 0 Å². The van der Waals surface area contributed by atoms with Gasteiger partial charge in [-0.25, -0.2) is 0 Å². The number of furan rings is 1. The number of hydrogen-bond donors (Lipinski definition) is 0. The van der Waals surface area contributed by atoms with E-state index in [1.165, 1.54) is 53.6 Å². The van der Waals surface area contributed by atoms with Crippen LogP contribution in [0.1, 0.15) is 25.0 Å². The molecule has 0 saturated carbocycles. The van der Waals surface area contributed by atoms with E-state index in [0.29, 0.717) is 0 Å². The van der Waals surface area contributed by atoms with E-state index in [0.717, 1.165) is 50.1 Å². The Morgan fingerprint density at radius 2 is 1.09 bits per heavy atom. The van der Waals surface area contributed by atoms with Crippen LogP contribution in [0.4, 0.5) is 17.1 Å². The summed E-state index contributed by atoms with van der Waals surface area (Å²) in [6.45, 7) is 4.75. The van der Waals surface area contributed by atoms with Crippen molar-refractivity contribution in [2.24, 2.45) is 0 Å². The second-order valence-electron chi connectivity index (χ2n) is 14.9. The molecule has 0 unspecified atom stereocenters. The van der Waals surface area contributed by atoms with Crippen LogP contribution in [-0.4, -0.2) is 0 Å². The first kappa shape index (κ1) is 31.1. The Labute approximate surface area is 318 Å². The van der Waals surface area contributed by atoms with Crippen LogP contribution in [0, 0.1) is 0 Å². The van der Waals surface area contributed by atoms with Gasteiger partial charge in [0.15, 0.2) is 0 Å². The van der Waals surface area contributed by atoms with E-state index in [1.54, 1.807) is 0 Å². The van der Waals surface area contributed by atoms with Crippen molar-refractivity contribution in [3.63, 3.8) is 0 Å². The SMILES string of the molecule is CC1(C)c2ccc(N(c3ccc(-c4ccccc4)cc3)c3ccc(-c4cccc5c4oc4ccccc45)cc3)cc2-c2c1ccc1c2sc2ccccc21. The fraction of sp³-hybridized carbons (Fsp3) is 0.0588. The normalized spacial score (nSPS) is 13.1. The minimum atomic E-state index is -0.102. The highest BCUT2D eigenvalue weighted by molar-refractivity contribution is 7.26. The summed E-state index contributed by atoms with van der Waals surface area (Å²) in [5.74, 6) is 0. The second kappa shape index (κ2) is 11.8. The minimum absolute atomic E-state index is 0.102. The van der Waals surface area contributed by atoms with E-state index in [4.69, 9.17) is 4.42 Å². The molecular formula is C51H35NOS. The Bertz CT molecular complexity index is 3060. The Hall–Kier alpha value is -6.42. The molecule has 0 amide bonds. The Balaban J connectivity index is 1.07. The fourth-order valence-electron chi connectivity index (χ4n) is 8.79. The van der Waals surface area contributed by atoms with Crippen LogP contribution in [0.15, 0.2) is 180 Å². The number of anilines is 3. The highest BCUT2D eigenvalue weighted by Gasteiger charge is 2.37. The average Bonchev–Trinajstić information content (AvgIpc) is 3.86. The predicted octanol–water partition coefficient (Wildman–Crippen LogP) is 15.1. The molecule has 2 aromatic heterocycles. The minimum Gasteiger partial charge on any atom is -0.455 e. The van der Waals surface area contributed by atoms with Gasteiger partial charge in [0.2, 0.25) is 0 Å². The van der Waals surface area contributed by atoms with Crippen LogP contribution in [0.2, 0.25) is 0 Å². The molecule has 1 aliphatic carbocycles. The van der Waals surface area contributed by atoms with Crippen molar-refractivity contribution < 1.29 is 4.42 Å². The van der Waals surface area contributed by atoms with Gasteiger partial charge in [-0.15, -0.1) is 11.3 Å². The standard InChI is InChI=1S/C51H35NOS/c1-51(2)44-29-27-37(31-43(44)48-45(51)30-28-42-40-14-7-9-18-47(40)54-50(42)48)52(35-23-19-33(20-24-35)32-11-4-3-5-12-32)36-25-21-34(22-26-36)38-15-10-16-41-39-13-6-8-17-46(39)53-49(38)41/h3-31H,1-2H3. The molecule has 2 nitrogen and oxygen atoms in total. The molecule has 256 valence electrons. The number of benzene rings is 8. The Morgan fingerprint density at radius 3 is 1.89 bits per heavy atom. The number of fused-ring (bicyclic) bond motifs is 10. The van der Waals surface area contributed by atoms with E-state index in [2.05, 4.69) is 183 Å². The number of thiophene rings is 1. The van der Waals surface area contributed by atoms with Crippen molar-refractivity contribution in [2.45, 2.75) is 19.3 Å². The lowest BCUT2D eigenvalue weighted by atomic mass is 9.82. The molecule has 11 rings (SSSR count). The van der Waals surface area contributed by atoms with E-state index in [-0.39, 0.29) is 5.41 Å². The highest BCUT2D eigenvalue weighted by Crippen LogP contribution is 2.55. The van der Waals surface area contributed by atoms with Gasteiger partial charge >= 0.3 is 0 Å². The van der Waals surface area contributed by atoms with Gasteiger partial charge in [0.1, 0.15) is 11.2 Å². The largest absolute Gasteiger partial charge is 0.455 e. The summed E-state index contributed by atoms with van der Waals surface area (Å²) in [5.41, 5.74) is 15.2. The third kappa shape index (κ3) is 4.65. The molecule has 0 aliphatic heterocycles. The number of rotatable bonds is 5. The van der Waals surface area contributed by atoms with Crippen molar-refractivity contribution in [3.05, 3.63) is 187 Å². The van der Waals surface area contributed by atoms with Gasteiger partial charge in [-0.1, -0.05) is 141 Å². The quantitative estimate of drug-likeness (QED) is 0.177. The van der Waals surface area contributed by atoms with Gasteiger partial charge in [0.25, 0.3) is 0 Å². The summed E-state index contributed by atoms with van der Waals surface area (Å²) in [6.07, 6.45) is 0. The molecular weight excluding hydrogens is 675 g/mol. The first-order valence-corrected chi connectivity index (χ1v) is 19.4. The van der Waals surface area contributed by atoms with E-state index >= 15 is 0 Å². The Kier molecular flexibility index (Phi) is 6.80. The van der Waals surface area contributed by atoms with E-state index in [9.17, 15) is 0 Å². The molecule has 8 aromatic carbocycles. The van der Waals surface area contributed by atoms with Gasteiger partial charge < -0.3 is 9.32 Å². The molecule has 0 bridgehead atoms. The summed E-state index contributed by atoms with van der Waals surface area (Å²) in [5, 5.41) is 4.96. The molecule has 0 spiro atoms. The molecule has 10 aromatic rings. The predicted molar refractivity (Wildman–Crippen MR) is 230 cm³/mol.